The number of unbranched alkanes of at least 4 members (excludes halogenated alkanes) is 3. The number of alkyl halides is 2. The van der Waals surface area contributed by atoms with Crippen LogP contribution in [0.1, 0.15) is 59.3 Å². The van der Waals surface area contributed by atoms with Crippen LogP contribution in [0.5, 0.6) is 0 Å². The summed E-state index contributed by atoms with van der Waals surface area (Å²) in [5, 5.41) is 0.331. The molecule has 0 aliphatic rings. The van der Waals surface area contributed by atoms with E-state index in [1.54, 1.807) is 0 Å². The maximum absolute atomic E-state index is 6.20. The van der Waals surface area contributed by atoms with Gasteiger partial charge < -0.3 is 15.8 Å². The van der Waals surface area contributed by atoms with E-state index in [9.17, 15) is 0 Å². The van der Waals surface area contributed by atoms with Gasteiger partial charge in [0.25, 0.3) is 0 Å². The van der Waals surface area contributed by atoms with Crippen LogP contribution in [0.3, 0.4) is 0 Å². The first kappa shape index (κ1) is 19.6. The highest BCUT2D eigenvalue weighted by molar-refractivity contribution is 9.28. The molecule has 0 fully saturated rings. The molecule has 0 heterocycles. The van der Waals surface area contributed by atoms with Crippen LogP contribution >= 0.6 is 46.1 Å². The van der Waals surface area contributed by atoms with Crippen molar-refractivity contribution in [1.29, 1.82) is 0 Å². The fourth-order valence-corrected chi connectivity index (χ4v) is 10.4. The van der Waals surface area contributed by atoms with Crippen molar-refractivity contribution in [3.05, 3.63) is 0 Å². The molecule has 18 heavy (non-hydrogen) atoms. The molecular formula is C13H28BBrCl2P. The molecule has 0 saturated heterocycles. The van der Waals surface area contributed by atoms with Gasteiger partial charge in [0.15, 0.2) is 5.26 Å². The van der Waals surface area contributed by atoms with E-state index in [4.69, 9.17) is 23.2 Å². The van der Waals surface area contributed by atoms with E-state index in [-0.39, 0.29) is 4.74 Å². The SMILES string of the molecule is CCCC[P+](CCCC)(CCCC)[B-](Br)C(Cl)Cl. The molecule has 0 amide bonds. The van der Waals surface area contributed by atoms with Crippen LogP contribution in [-0.4, -0.2) is 28.5 Å². The summed E-state index contributed by atoms with van der Waals surface area (Å²) in [6, 6.07) is 0. The van der Waals surface area contributed by atoms with Gasteiger partial charge in [-0.2, -0.15) is 7.14 Å². The molecule has 0 aromatic heterocycles. The predicted octanol–water partition coefficient (Wildman–Crippen LogP) is 6.63. The van der Waals surface area contributed by atoms with Gasteiger partial charge in [0.2, 0.25) is 0 Å². The van der Waals surface area contributed by atoms with Gasteiger partial charge >= 0.3 is 0 Å². The number of halogens is 3. The van der Waals surface area contributed by atoms with Gasteiger partial charge in [-0.25, -0.2) is 0 Å². The Morgan fingerprint density at radius 2 is 1.22 bits per heavy atom. The fourth-order valence-electron chi connectivity index (χ4n) is 2.36. The maximum Gasteiger partial charge on any atom is 0.179 e. The third kappa shape index (κ3) is 6.82. The van der Waals surface area contributed by atoms with E-state index in [2.05, 4.69) is 36.5 Å². The molecule has 0 aromatic carbocycles. The minimum atomic E-state index is -1.04. The van der Waals surface area contributed by atoms with Crippen molar-refractivity contribution in [2.75, 3.05) is 18.5 Å². The summed E-state index contributed by atoms with van der Waals surface area (Å²) >= 11 is 16.2. The van der Waals surface area contributed by atoms with Crippen LogP contribution in [0.4, 0.5) is 0 Å². The molecular weight excluding hydrogens is 349 g/mol. The second-order valence-electron chi connectivity index (χ2n) is 5.16. The van der Waals surface area contributed by atoms with Crippen LogP contribution in [-0.2, 0) is 0 Å². The smallest absolute Gasteiger partial charge is 0.179 e. The predicted molar refractivity (Wildman–Crippen MR) is 96.4 cm³/mol. The van der Waals surface area contributed by atoms with Gasteiger partial charge in [0, 0.05) is 23.2 Å². The molecule has 0 aromatic rings. The average Bonchev–Trinajstić information content (AvgIpc) is 2.37. The van der Waals surface area contributed by atoms with Crippen molar-refractivity contribution < 1.29 is 0 Å². The Bertz CT molecular complexity index is 184. The first-order valence-electron chi connectivity index (χ1n) is 7.32. The Hall–Kier alpha value is 1.55. The van der Waals surface area contributed by atoms with Crippen LogP contribution in [0.15, 0.2) is 0 Å². The van der Waals surface area contributed by atoms with Gasteiger partial charge in [0.05, 0.1) is 0 Å². The zero-order valence-corrected chi connectivity index (χ0v) is 16.1. The first-order valence-corrected chi connectivity index (χ1v) is 11.5. The van der Waals surface area contributed by atoms with Crippen molar-refractivity contribution in [2.24, 2.45) is 0 Å². The van der Waals surface area contributed by atoms with E-state index >= 15 is 0 Å². The Kier molecular flexibility index (Phi) is 12.2. The summed E-state index contributed by atoms with van der Waals surface area (Å²) in [7, 11) is -1.04. The van der Waals surface area contributed by atoms with Crippen LogP contribution in [0.2, 0.25) is 0 Å². The van der Waals surface area contributed by atoms with Crippen LogP contribution in [0, 0.1) is 0 Å². The van der Waals surface area contributed by atoms with Crippen molar-refractivity contribution in [1.82, 2.24) is 0 Å². The van der Waals surface area contributed by atoms with Gasteiger partial charge in [-0.05, 0) is 19.3 Å². The Labute approximate surface area is 133 Å². The quantitative estimate of drug-likeness (QED) is 0.215. The number of rotatable bonds is 11. The molecule has 0 unspecified atom stereocenters. The normalized spacial score (nSPS) is 12.7. The lowest BCUT2D eigenvalue weighted by atomic mass is 10.2. The van der Waals surface area contributed by atoms with Crippen molar-refractivity contribution in [2.45, 2.75) is 64.0 Å². The topological polar surface area (TPSA) is 0 Å². The second-order valence-corrected chi connectivity index (χ2v) is 12.4. The molecule has 5 heteroatoms. The third-order valence-corrected chi connectivity index (χ3v) is 13.2. The van der Waals surface area contributed by atoms with Crippen molar-refractivity contribution >= 4 is 51.4 Å². The van der Waals surface area contributed by atoms with Crippen LogP contribution in [0.25, 0.3) is 0 Å². The summed E-state index contributed by atoms with van der Waals surface area (Å²) in [6.07, 6.45) is 11.9. The molecule has 0 atom stereocenters. The molecule has 1 radical (unpaired) electrons. The number of hydrogen-bond acceptors (Lipinski definition) is 0. The minimum absolute atomic E-state index is 0.260. The summed E-state index contributed by atoms with van der Waals surface area (Å²) in [5.41, 5.74) is 0. The van der Waals surface area contributed by atoms with Gasteiger partial charge in [-0.3, -0.25) is 0 Å². The molecule has 0 bridgehead atoms. The van der Waals surface area contributed by atoms with Crippen LogP contribution < -0.4 is 0 Å². The third-order valence-electron chi connectivity index (χ3n) is 3.60. The molecule has 0 spiro atoms. The summed E-state index contributed by atoms with van der Waals surface area (Å²) in [6.45, 7) is 6.82. The van der Waals surface area contributed by atoms with Crippen molar-refractivity contribution in [3.8, 4) is 0 Å². The highest BCUT2D eigenvalue weighted by Crippen LogP contribution is 2.66. The highest BCUT2D eigenvalue weighted by atomic mass is 79.9. The maximum atomic E-state index is 6.20. The molecule has 109 valence electrons. The zero-order valence-electron chi connectivity index (χ0n) is 12.1. The molecule has 0 aliphatic carbocycles. The van der Waals surface area contributed by atoms with Crippen molar-refractivity contribution in [3.63, 3.8) is 0 Å². The molecule has 0 aliphatic heterocycles. The molecule has 0 saturated carbocycles. The average molecular weight is 377 g/mol. The largest absolute Gasteiger partial charge is 0.332 e. The van der Waals surface area contributed by atoms with E-state index in [1.807, 2.05) is 0 Å². The van der Waals surface area contributed by atoms with E-state index in [0.29, 0.717) is 5.26 Å². The monoisotopic (exact) mass is 375 g/mol. The lowest BCUT2D eigenvalue weighted by Crippen LogP contribution is -2.27. The standard InChI is InChI=1S/C13H28BBrCl2P/c1-4-7-10-18(11-8-5-2,12-9-6-3)14(15)13(16)17/h13H,4-12H2,1-3H3. The van der Waals surface area contributed by atoms with Gasteiger partial charge in [-0.15, -0.1) is 23.2 Å². The lowest BCUT2D eigenvalue weighted by molar-refractivity contribution is 0.843. The lowest BCUT2D eigenvalue weighted by Gasteiger charge is -2.42. The van der Waals surface area contributed by atoms with Gasteiger partial charge in [0.1, 0.15) is 0 Å². The Morgan fingerprint density at radius 3 is 1.44 bits per heavy atom. The highest BCUT2D eigenvalue weighted by Gasteiger charge is 2.37. The molecule has 0 rings (SSSR count). The second kappa shape index (κ2) is 11.2. The zero-order chi connectivity index (χ0) is 14.0. The van der Waals surface area contributed by atoms with E-state index < -0.39 is 7.14 Å². The molecule has 0 nitrogen and oxygen atoms in total. The summed E-state index contributed by atoms with van der Waals surface area (Å²) < 4.78 is -0.260. The van der Waals surface area contributed by atoms with E-state index in [1.165, 1.54) is 57.0 Å². The fraction of sp³-hybridized carbons (Fsp3) is 1.00. The minimum Gasteiger partial charge on any atom is -0.332 e. The Balaban J connectivity index is 4.84. The summed E-state index contributed by atoms with van der Waals surface area (Å²) in [4.78, 5) is 0. The van der Waals surface area contributed by atoms with E-state index in [0.717, 1.165) is 0 Å². The van der Waals surface area contributed by atoms with Gasteiger partial charge in [-0.1, -0.05) is 40.0 Å². The first-order chi connectivity index (χ1) is 8.54. The molecule has 0 N–H and O–H groups in total. The summed E-state index contributed by atoms with van der Waals surface area (Å²) in [5.74, 6) is 0. The Morgan fingerprint density at radius 1 is 0.889 bits per heavy atom. The number of hydrogen-bond donors (Lipinski definition) is 0.